The largest absolute Gasteiger partial charge is 0.467 e. The zero-order valence-electron chi connectivity index (χ0n) is 12.0. The number of halogens is 1. The number of nitrogens with zero attached hydrogens (tertiary/aromatic N) is 2. The maximum absolute atomic E-state index is 12.9. The van der Waals surface area contributed by atoms with Crippen LogP contribution in [0, 0.1) is 12.7 Å². The van der Waals surface area contributed by atoms with Crippen molar-refractivity contribution in [3.63, 3.8) is 0 Å². The van der Waals surface area contributed by atoms with Gasteiger partial charge >= 0.3 is 0 Å². The third-order valence-corrected chi connectivity index (χ3v) is 2.98. The molecule has 3 aromatic rings. The van der Waals surface area contributed by atoms with Gasteiger partial charge in [-0.1, -0.05) is 0 Å². The standard InChI is InChI=1S/C16H15FN4O/c1-11-19-15(18-10-14-3-2-8-22-14)9-16(20-11)21-13-6-4-12(17)5-7-13/h2-9H,10H2,1H3,(H2,18,19,20,21). The molecule has 6 heteroatoms. The second kappa shape index (κ2) is 6.26. The van der Waals surface area contributed by atoms with Crippen LogP contribution in [-0.2, 0) is 6.54 Å². The van der Waals surface area contributed by atoms with Crippen molar-refractivity contribution in [1.29, 1.82) is 0 Å². The first-order chi connectivity index (χ1) is 10.7. The molecule has 0 unspecified atom stereocenters. The quantitative estimate of drug-likeness (QED) is 0.748. The number of furan rings is 1. The monoisotopic (exact) mass is 298 g/mol. The summed E-state index contributed by atoms with van der Waals surface area (Å²) in [4.78, 5) is 8.64. The van der Waals surface area contributed by atoms with Gasteiger partial charge in [0.2, 0.25) is 0 Å². The molecule has 0 aliphatic rings. The number of rotatable bonds is 5. The molecule has 1 aromatic carbocycles. The Morgan fingerprint density at radius 2 is 1.86 bits per heavy atom. The molecule has 0 saturated carbocycles. The van der Waals surface area contributed by atoms with Gasteiger partial charge in [-0.05, 0) is 43.3 Å². The molecule has 3 rings (SSSR count). The van der Waals surface area contributed by atoms with Crippen LogP contribution in [0.1, 0.15) is 11.6 Å². The average molecular weight is 298 g/mol. The van der Waals surface area contributed by atoms with Crippen LogP contribution in [-0.4, -0.2) is 9.97 Å². The topological polar surface area (TPSA) is 63.0 Å². The van der Waals surface area contributed by atoms with Crippen molar-refractivity contribution in [1.82, 2.24) is 9.97 Å². The number of anilines is 3. The van der Waals surface area contributed by atoms with E-state index < -0.39 is 0 Å². The van der Waals surface area contributed by atoms with Gasteiger partial charge in [0.1, 0.15) is 29.0 Å². The van der Waals surface area contributed by atoms with E-state index in [9.17, 15) is 4.39 Å². The second-order valence-corrected chi connectivity index (χ2v) is 4.75. The predicted octanol–water partition coefficient (Wildman–Crippen LogP) is 3.87. The van der Waals surface area contributed by atoms with E-state index in [0.717, 1.165) is 11.4 Å². The first-order valence-electron chi connectivity index (χ1n) is 6.83. The molecule has 2 heterocycles. The lowest BCUT2D eigenvalue weighted by Crippen LogP contribution is -2.04. The summed E-state index contributed by atoms with van der Waals surface area (Å²) < 4.78 is 18.2. The average Bonchev–Trinajstić information content (AvgIpc) is 3.00. The molecule has 2 N–H and O–H groups in total. The highest BCUT2D eigenvalue weighted by atomic mass is 19.1. The summed E-state index contributed by atoms with van der Waals surface area (Å²) in [5.74, 6) is 2.51. The summed E-state index contributed by atoms with van der Waals surface area (Å²) in [6, 6.07) is 11.6. The van der Waals surface area contributed by atoms with Gasteiger partial charge in [-0.2, -0.15) is 0 Å². The normalized spacial score (nSPS) is 10.5. The fraction of sp³-hybridized carbons (Fsp3) is 0.125. The van der Waals surface area contributed by atoms with Crippen LogP contribution in [0.3, 0.4) is 0 Å². The minimum atomic E-state index is -0.273. The van der Waals surface area contributed by atoms with E-state index in [4.69, 9.17) is 4.42 Å². The number of aryl methyl sites for hydroxylation is 1. The highest BCUT2D eigenvalue weighted by Gasteiger charge is 2.04. The SMILES string of the molecule is Cc1nc(NCc2ccco2)cc(Nc2ccc(F)cc2)n1. The fourth-order valence-electron chi connectivity index (χ4n) is 1.99. The van der Waals surface area contributed by atoms with Crippen LogP contribution in [0.25, 0.3) is 0 Å². The minimum absolute atomic E-state index is 0.273. The Morgan fingerprint density at radius 3 is 2.59 bits per heavy atom. The van der Waals surface area contributed by atoms with Crippen molar-refractivity contribution in [2.75, 3.05) is 10.6 Å². The van der Waals surface area contributed by atoms with Crippen molar-refractivity contribution < 1.29 is 8.81 Å². The highest BCUT2D eigenvalue weighted by Crippen LogP contribution is 2.18. The van der Waals surface area contributed by atoms with E-state index in [2.05, 4.69) is 20.6 Å². The lowest BCUT2D eigenvalue weighted by Gasteiger charge is -2.09. The third kappa shape index (κ3) is 3.60. The Balaban J connectivity index is 1.73. The van der Waals surface area contributed by atoms with Crippen molar-refractivity contribution in [3.8, 4) is 0 Å². The summed E-state index contributed by atoms with van der Waals surface area (Å²) in [5.41, 5.74) is 0.761. The van der Waals surface area contributed by atoms with E-state index >= 15 is 0 Å². The summed E-state index contributed by atoms with van der Waals surface area (Å²) >= 11 is 0. The Bertz CT molecular complexity index is 741. The summed E-state index contributed by atoms with van der Waals surface area (Å²) in [6.45, 7) is 2.35. The van der Waals surface area contributed by atoms with Crippen LogP contribution in [0.15, 0.2) is 53.1 Å². The minimum Gasteiger partial charge on any atom is -0.467 e. The fourth-order valence-corrected chi connectivity index (χ4v) is 1.99. The first-order valence-corrected chi connectivity index (χ1v) is 6.83. The Kier molecular flexibility index (Phi) is 4.00. The number of benzene rings is 1. The van der Waals surface area contributed by atoms with Gasteiger partial charge in [-0.15, -0.1) is 0 Å². The third-order valence-electron chi connectivity index (χ3n) is 2.98. The van der Waals surface area contributed by atoms with Gasteiger partial charge in [0.25, 0.3) is 0 Å². The Hall–Kier alpha value is -2.89. The molecule has 0 radical (unpaired) electrons. The molecule has 0 spiro atoms. The van der Waals surface area contributed by atoms with Crippen LogP contribution in [0.4, 0.5) is 21.7 Å². The molecule has 0 fully saturated rings. The van der Waals surface area contributed by atoms with Crippen LogP contribution in [0.2, 0.25) is 0 Å². The van der Waals surface area contributed by atoms with E-state index in [1.807, 2.05) is 19.1 Å². The number of nitrogens with one attached hydrogen (secondary N) is 2. The maximum atomic E-state index is 12.9. The summed E-state index contributed by atoms with van der Waals surface area (Å²) in [6.07, 6.45) is 1.63. The highest BCUT2D eigenvalue weighted by molar-refractivity contribution is 5.59. The second-order valence-electron chi connectivity index (χ2n) is 4.75. The molecule has 0 aliphatic heterocycles. The van der Waals surface area contributed by atoms with Crippen LogP contribution >= 0.6 is 0 Å². The van der Waals surface area contributed by atoms with Gasteiger partial charge in [0, 0.05) is 11.8 Å². The van der Waals surface area contributed by atoms with E-state index in [0.29, 0.717) is 24.0 Å². The molecule has 0 amide bonds. The zero-order valence-corrected chi connectivity index (χ0v) is 12.0. The molecule has 22 heavy (non-hydrogen) atoms. The molecular weight excluding hydrogens is 283 g/mol. The summed E-state index contributed by atoms with van der Waals surface area (Å²) in [5, 5.41) is 6.30. The van der Waals surface area contributed by atoms with E-state index in [1.54, 1.807) is 24.5 Å². The number of hydrogen-bond donors (Lipinski definition) is 2. The van der Waals surface area contributed by atoms with E-state index in [-0.39, 0.29) is 5.82 Å². The van der Waals surface area contributed by atoms with Crippen molar-refractivity contribution in [2.45, 2.75) is 13.5 Å². The first kappa shape index (κ1) is 14.1. The van der Waals surface area contributed by atoms with Gasteiger partial charge in [0.15, 0.2) is 0 Å². The lowest BCUT2D eigenvalue weighted by atomic mass is 10.3. The molecule has 0 atom stereocenters. The van der Waals surface area contributed by atoms with Gasteiger partial charge < -0.3 is 15.1 Å². The molecule has 2 aromatic heterocycles. The van der Waals surface area contributed by atoms with Crippen molar-refractivity contribution >= 4 is 17.3 Å². The van der Waals surface area contributed by atoms with Gasteiger partial charge in [-0.3, -0.25) is 0 Å². The zero-order chi connectivity index (χ0) is 15.4. The van der Waals surface area contributed by atoms with Crippen LogP contribution in [0.5, 0.6) is 0 Å². The molecule has 0 saturated heterocycles. The summed E-state index contributed by atoms with van der Waals surface area (Å²) in [7, 11) is 0. The molecule has 5 nitrogen and oxygen atoms in total. The van der Waals surface area contributed by atoms with Gasteiger partial charge in [0.05, 0.1) is 12.8 Å². The number of hydrogen-bond acceptors (Lipinski definition) is 5. The Labute approximate surface area is 127 Å². The molecule has 0 bridgehead atoms. The molecule has 112 valence electrons. The Morgan fingerprint density at radius 1 is 1.09 bits per heavy atom. The molecular formula is C16H15FN4O. The van der Waals surface area contributed by atoms with Gasteiger partial charge in [-0.25, -0.2) is 14.4 Å². The van der Waals surface area contributed by atoms with Crippen LogP contribution < -0.4 is 10.6 Å². The smallest absolute Gasteiger partial charge is 0.136 e. The van der Waals surface area contributed by atoms with Crippen molar-refractivity contribution in [3.05, 3.63) is 66.1 Å². The number of aromatic nitrogens is 2. The maximum Gasteiger partial charge on any atom is 0.136 e. The van der Waals surface area contributed by atoms with E-state index in [1.165, 1.54) is 12.1 Å². The predicted molar refractivity (Wildman–Crippen MR) is 82.5 cm³/mol. The van der Waals surface area contributed by atoms with Crippen molar-refractivity contribution in [2.24, 2.45) is 0 Å². The molecule has 0 aliphatic carbocycles. The lowest BCUT2D eigenvalue weighted by molar-refractivity contribution is 0.518.